The molecule has 0 bridgehead atoms. The van der Waals surface area contributed by atoms with Gasteiger partial charge in [0, 0.05) is 25.7 Å². The van der Waals surface area contributed by atoms with Crippen molar-refractivity contribution in [1.82, 2.24) is 10.2 Å². The lowest BCUT2D eigenvalue weighted by Gasteiger charge is -2.34. The second-order valence-electron chi connectivity index (χ2n) is 6.99. The Morgan fingerprint density at radius 2 is 1.96 bits per heavy atom. The molecule has 1 heterocycles. The van der Waals surface area contributed by atoms with Crippen molar-refractivity contribution in [1.29, 1.82) is 0 Å². The van der Waals surface area contributed by atoms with Gasteiger partial charge in [-0.2, -0.15) is 0 Å². The molecule has 1 aliphatic rings. The minimum Gasteiger partial charge on any atom is -0.352 e. The Kier molecular flexibility index (Phi) is 6.60. The fourth-order valence-corrected chi connectivity index (χ4v) is 3.22. The van der Waals surface area contributed by atoms with Gasteiger partial charge in [-0.3, -0.25) is 4.79 Å². The van der Waals surface area contributed by atoms with Crippen LogP contribution >= 0.6 is 0 Å². The SMILES string of the molecule is CCCC(C)(N)C(=O)NC1CCN(CCc2ccccc2)CC1. The van der Waals surface area contributed by atoms with Crippen molar-refractivity contribution in [2.45, 2.75) is 57.5 Å². The molecule has 1 atom stereocenters. The second kappa shape index (κ2) is 8.46. The standard InChI is InChI=1S/C19H31N3O/c1-3-12-19(2,20)18(23)21-17-10-14-22(15-11-17)13-9-16-7-5-4-6-8-16/h4-8,17H,3,9-15,20H2,1-2H3,(H,21,23). The number of rotatable bonds is 7. The lowest BCUT2D eigenvalue weighted by Crippen LogP contribution is -2.55. The van der Waals surface area contributed by atoms with Crippen molar-refractivity contribution in [2.75, 3.05) is 19.6 Å². The maximum atomic E-state index is 12.3. The average molecular weight is 317 g/mol. The lowest BCUT2D eigenvalue weighted by atomic mass is 9.95. The fraction of sp³-hybridized carbons (Fsp3) is 0.632. The van der Waals surface area contributed by atoms with E-state index >= 15 is 0 Å². The zero-order valence-corrected chi connectivity index (χ0v) is 14.6. The molecule has 4 nitrogen and oxygen atoms in total. The summed E-state index contributed by atoms with van der Waals surface area (Å²) in [5.41, 5.74) is 6.76. The number of nitrogens with zero attached hydrogens (tertiary/aromatic N) is 1. The summed E-state index contributed by atoms with van der Waals surface area (Å²) in [6, 6.07) is 10.9. The number of hydrogen-bond donors (Lipinski definition) is 2. The van der Waals surface area contributed by atoms with E-state index in [1.54, 1.807) is 0 Å². The van der Waals surface area contributed by atoms with Gasteiger partial charge >= 0.3 is 0 Å². The van der Waals surface area contributed by atoms with Gasteiger partial charge in [0.15, 0.2) is 0 Å². The van der Waals surface area contributed by atoms with Crippen LogP contribution in [0.1, 0.15) is 45.1 Å². The van der Waals surface area contributed by atoms with Gasteiger partial charge in [-0.15, -0.1) is 0 Å². The Morgan fingerprint density at radius 3 is 2.57 bits per heavy atom. The highest BCUT2D eigenvalue weighted by molar-refractivity contribution is 5.85. The largest absolute Gasteiger partial charge is 0.352 e. The van der Waals surface area contributed by atoms with Crippen molar-refractivity contribution in [2.24, 2.45) is 5.73 Å². The zero-order chi connectivity index (χ0) is 16.7. The molecule has 0 radical (unpaired) electrons. The van der Waals surface area contributed by atoms with Crippen LogP contribution in [0.2, 0.25) is 0 Å². The molecule has 23 heavy (non-hydrogen) atoms. The van der Waals surface area contributed by atoms with Gasteiger partial charge in [0.25, 0.3) is 0 Å². The van der Waals surface area contributed by atoms with Crippen LogP contribution in [0.5, 0.6) is 0 Å². The number of nitrogens with two attached hydrogens (primary N) is 1. The molecule has 1 unspecified atom stereocenters. The number of benzene rings is 1. The summed E-state index contributed by atoms with van der Waals surface area (Å²) in [4.78, 5) is 14.8. The summed E-state index contributed by atoms with van der Waals surface area (Å²) in [5.74, 6) is 0.00193. The number of hydrogen-bond acceptors (Lipinski definition) is 3. The number of nitrogens with one attached hydrogen (secondary N) is 1. The van der Waals surface area contributed by atoms with E-state index in [2.05, 4.69) is 47.5 Å². The molecular formula is C19H31N3O. The highest BCUT2D eigenvalue weighted by Crippen LogP contribution is 2.14. The third-order valence-electron chi connectivity index (χ3n) is 4.77. The van der Waals surface area contributed by atoms with E-state index < -0.39 is 5.54 Å². The summed E-state index contributed by atoms with van der Waals surface area (Å²) < 4.78 is 0. The molecule has 2 rings (SSSR count). The highest BCUT2D eigenvalue weighted by atomic mass is 16.2. The number of amides is 1. The van der Waals surface area contributed by atoms with E-state index in [0.29, 0.717) is 0 Å². The predicted octanol–water partition coefficient (Wildman–Crippen LogP) is 2.33. The van der Waals surface area contributed by atoms with Crippen molar-refractivity contribution in [3.8, 4) is 0 Å². The first-order valence-corrected chi connectivity index (χ1v) is 8.87. The molecule has 0 aliphatic carbocycles. The maximum absolute atomic E-state index is 12.3. The monoisotopic (exact) mass is 317 g/mol. The van der Waals surface area contributed by atoms with Gasteiger partial charge in [-0.1, -0.05) is 43.7 Å². The summed E-state index contributed by atoms with van der Waals surface area (Å²) in [6.07, 6.45) is 4.79. The van der Waals surface area contributed by atoms with Crippen LogP contribution in [-0.4, -0.2) is 42.0 Å². The Balaban J connectivity index is 1.70. The van der Waals surface area contributed by atoms with Crippen molar-refractivity contribution in [3.05, 3.63) is 35.9 Å². The minimum absolute atomic E-state index is 0.00193. The van der Waals surface area contributed by atoms with Crippen LogP contribution in [0.4, 0.5) is 0 Å². The Labute approximate surface area is 140 Å². The lowest BCUT2D eigenvalue weighted by molar-refractivity contribution is -0.127. The Bertz CT molecular complexity index is 479. The molecule has 0 saturated carbocycles. The van der Waals surface area contributed by atoms with Crippen LogP contribution in [0.3, 0.4) is 0 Å². The van der Waals surface area contributed by atoms with Crippen molar-refractivity contribution < 1.29 is 4.79 Å². The topological polar surface area (TPSA) is 58.4 Å². The van der Waals surface area contributed by atoms with Gasteiger partial charge in [0.05, 0.1) is 5.54 Å². The maximum Gasteiger partial charge on any atom is 0.240 e. The van der Waals surface area contributed by atoms with E-state index in [4.69, 9.17) is 5.73 Å². The quantitative estimate of drug-likeness (QED) is 0.811. The van der Waals surface area contributed by atoms with Crippen molar-refractivity contribution >= 4 is 5.91 Å². The first-order chi connectivity index (χ1) is 11.0. The second-order valence-corrected chi connectivity index (χ2v) is 6.99. The van der Waals surface area contributed by atoms with Gasteiger partial charge in [-0.25, -0.2) is 0 Å². The first-order valence-electron chi connectivity index (χ1n) is 8.87. The van der Waals surface area contributed by atoms with E-state index in [1.165, 1.54) is 5.56 Å². The van der Waals surface area contributed by atoms with E-state index in [1.807, 2.05) is 6.92 Å². The molecule has 1 aliphatic heterocycles. The summed E-state index contributed by atoms with van der Waals surface area (Å²) in [7, 11) is 0. The number of carbonyl (C=O) groups excluding carboxylic acids is 1. The molecular weight excluding hydrogens is 286 g/mol. The van der Waals surface area contributed by atoms with Gasteiger partial charge < -0.3 is 16.0 Å². The van der Waals surface area contributed by atoms with Gasteiger partial charge in [-0.05, 0) is 38.2 Å². The molecule has 1 aromatic carbocycles. The predicted molar refractivity (Wildman–Crippen MR) is 95.3 cm³/mol. The molecule has 0 aromatic heterocycles. The normalized spacial score (nSPS) is 19.3. The van der Waals surface area contributed by atoms with Crippen LogP contribution < -0.4 is 11.1 Å². The molecule has 1 aromatic rings. The molecule has 4 heteroatoms. The smallest absolute Gasteiger partial charge is 0.240 e. The van der Waals surface area contributed by atoms with Gasteiger partial charge in [0.2, 0.25) is 5.91 Å². The van der Waals surface area contributed by atoms with E-state index in [-0.39, 0.29) is 11.9 Å². The Morgan fingerprint density at radius 1 is 1.30 bits per heavy atom. The molecule has 1 saturated heterocycles. The molecule has 3 N–H and O–H groups in total. The number of carbonyl (C=O) groups is 1. The van der Waals surface area contributed by atoms with E-state index in [9.17, 15) is 4.79 Å². The summed E-state index contributed by atoms with van der Waals surface area (Å²) in [5, 5.41) is 3.15. The van der Waals surface area contributed by atoms with Crippen LogP contribution in [0.15, 0.2) is 30.3 Å². The number of piperidine rings is 1. The van der Waals surface area contributed by atoms with Crippen LogP contribution in [0.25, 0.3) is 0 Å². The first kappa shape index (κ1) is 18.0. The van der Waals surface area contributed by atoms with Crippen LogP contribution in [-0.2, 0) is 11.2 Å². The average Bonchev–Trinajstić information content (AvgIpc) is 2.55. The number of likely N-dealkylation sites (tertiary alicyclic amines) is 1. The van der Waals surface area contributed by atoms with Gasteiger partial charge in [0.1, 0.15) is 0 Å². The molecule has 128 valence electrons. The van der Waals surface area contributed by atoms with Crippen LogP contribution in [0, 0.1) is 0 Å². The minimum atomic E-state index is -0.737. The Hall–Kier alpha value is -1.39. The zero-order valence-electron chi connectivity index (χ0n) is 14.6. The molecule has 0 spiro atoms. The molecule has 1 fully saturated rings. The molecule has 1 amide bonds. The fourth-order valence-electron chi connectivity index (χ4n) is 3.22. The third kappa shape index (κ3) is 5.63. The highest BCUT2D eigenvalue weighted by Gasteiger charge is 2.30. The summed E-state index contributed by atoms with van der Waals surface area (Å²) >= 11 is 0. The van der Waals surface area contributed by atoms with E-state index in [0.717, 1.165) is 51.7 Å². The third-order valence-corrected chi connectivity index (χ3v) is 4.77. The summed E-state index contributed by atoms with van der Waals surface area (Å²) in [6.45, 7) is 7.08. The van der Waals surface area contributed by atoms with Crippen molar-refractivity contribution in [3.63, 3.8) is 0 Å².